The summed E-state index contributed by atoms with van der Waals surface area (Å²) in [5.74, 6) is 1.05. The molecular weight excluding hydrogens is 274 g/mol. The number of nitrogen functional groups attached to an aromatic ring is 1. The van der Waals surface area contributed by atoms with Gasteiger partial charge in [0.15, 0.2) is 5.65 Å². The van der Waals surface area contributed by atoms with Crippen LogP contribution in [0.25, 0.3) is 16.7 Å². The number of halogens is 1. The smallest absolute Gasteiger partial charge is 0.186 e. The van der Waals surface area contributed by atoms with Gasteiger partial charge in [-0.25, -0.2) is 4.68 Å². The monoisotopic (exact) mass is 289 g/mol. The molecule has 0 fully saturated rings. The summed E-state index contributed by atoms with van der Waals surface area (Å²) in [5, 5.41) is 13.3. The lowest BCUT2D eigenvalue weighted by Crippen LogP contribution is -2.01. The summed E-state index contributed by atoms with van der Waals surface area (Å²) < 4.78 is 1.78. The number of anilines is 1. The molecule has 5 nitrogen and oxygen atoms in total. The van der Waals surface area contributed by atoms with Gasteiger partial charge >= 0.3 is 0 Å². The van der Waals surface area contributed by atoms with Crippen LogP contribution in [0, 0.1) is 5.92 Å². The summed E-state index contributed by atoms with van der Waals surface area (Å²) in [7, 11) is 0. The third kappa shape index (κ3) is 2.14. The minimum absolute atomic E-state index is 0.496. The molecule has 0 atom stereocenters. The fraction of sp³-hybridized carbons (Fsp3) is 0.286. The minimum Gasteiger partial charge on any atom is -0.383 e. The lowest BCUT2D eigenvalue weighted by Gasteiger charge is -2.03. The Morgan fingerprint density at radius 2 is 2.20 bits per heavy atom. The highest BCUT2D eigenvalue weighted by atomic mass is 35.5. The maximum atomic E-state index is 6.05. The van der Waals surface area contributed by atoms with Gasteiger partial charge in [0.25, 0.3) is 0 Å². The summed E-state index contributed by atoms with van der Waals surface area (Å²) >= 11 is 6.05. The van der Waals surface area contributed by atoms with Crippen molar-refractivity contribution in [3.05, 3.63) is 35.0 Å². The molecule has 3 aromatic rings. The van der Waals surface area contributed by atoms with E-state index < -0.39 is 0 Å². The summed E-state index contributed by atoms with van der Waals surface area (Å²) in [5.41, 5.74) is 8.55. The van der Waals surface area contributed by atoms with Crippen molar-refractivity contribution in [3.8, 4) is 5.69 Å². The van der Waals surface area contributed by atoms with Gasteiger partial charge < -0.3 is 5.73 Å². The molecule has 0 saturated carbocycles. The van der Waals surface area contributed by atoms with Crippen molar-refractivity contribution in [2.24, 2.45) is 5.92 Å². The number of aromatic amines is 1. The van der Waals surface area contributed by atoms with E-state index in [-0.39, 0.29) is 0 Å². The van der Waals surface area contributed by atoms with Gasteiger partial charge in [0.05, 0.1) is 16.8 Å². The maximum absolute atomic E-state index is 6.05. The van der Waals surface area contributed by atoms with Gasteiger partial charge in [0.1, 0.15) is 5.82 Å². The molecule has 3 N–H and O–H groups in total. The number of H-pyrrole nitrogens is 1. The third-order valence-corrected chi connectivity index (χ3v) is 3.37. The average Bonchev–Trinajstić information content (AvgIpc) is 2.91. The first-order valence-corrected chi connectivity index (χ1v) is 6.91. The lowest BCUT2D eigenvalue weighted by atomic mass is 10.1. The predicted octanol–water partition coefficient (Wildman–Crippen LogP) is 3.18. The first-order valence-electron chi connectivity index (χ1n) is 6.53. The van der Waals surface area contributed by atoms with Gasteiger partial charge in [0, 0.05) is 5.02 Å². The molecular formula is C14H16ClN5. The van der Waals surface area contributed by atoms with Gasteiger partial charge in [-0.3, -0.25) is 5.10 Å². The van der Waals surface area contributed by atoms with Gasteiger partial charge in [0.2, 0.25) is 0 Å². The summed E-state index contributed by atoms with van der Waals surface area (Å²) in [6.07, 6.45) is 0.855. The number of aromatic nitrogens is 4. The Morgan fingerprint density at radius 3 is 2.90 bits per heavy atom. The van der Waals surface area contributed by atoms with Crippen LogP contribution in [0.5, 0.6) is 0 Å². The number of benzene rings is 1. The second-order valence-corrected chi connectivity index (χ2v) is 5.71. The van der Waals surface area contributed by atoms with E-state index >= 15 is 0 Å². The van der Waals surface area contributed by atoms with Crippen LogP contribution in [0.15, 0.2) is 24.3 Å². The van der Waals surface area contributed by atoms with Crippen LogP contribution in [0.3, 0.4) is 0 Å². The first-order chi connectivity index (χ1) is 9.56. The van der Waals surface area contributed by atoms with E-state index in [4.69, 9.17) is 17.3 Å². The van der Waals surface area contributed by atoms with Crippen LogP contribution in [0.1, 0.15) is 19.5 Å². The first kappa shape index (κ1) is 13.0. The molecule has 6 heteroatoms. The van der Waals surface area contributed by atoms with Gasteiger partial charge in [-0.15, -0.1) is 0 Å². The van der Waals surface area contributed by atoms with Crippen LogP contribution in [0.4, 0.5) is 5.82 Å². The number of hydrogen-bond acceptors (Lipinski definition) is 3. The van der Waals surface area contributed by atoms with Crippen molar-refractivity contribution in [1.29, 1.82) is 0 Å². The molecule has 2 aromatic heterocycles. The standard InChI is InChI=1S/C14H16ClN5/c1-8(2)6-11-12-13(16)17-18-14(12)20(19-11)10-5-3-4-9(15)7-10/h3-5,7-8H,6H2,1-2H3,(H3,16,17,18). The van der Waals surface area contributed by atoms with Crippen LogP contribution in [-0.4, -0.2) is 20.0 Å². The zero-order chi connectivity index (χ0) is 14.3. The van der Waals surface area contributed by atoms with Crippen LogP contribution >= 0.6 is 11.6 Å². The van der Waals surface area contributed by atoms with Crippen LogP contribution < -0.4 is 5.73 Å². The number of hydrogen-bond donors (Lipinski definition) is 2. The number of nitrogens with one attached hydrogen (secondary N) is 1. The van der Waals surface area contributed by atoms with Gasteiger partial charge in [-0.2, -0.15) is 10.2 Å². The number of nitrogens with two attached hydrogens (primary N) is 1. The molecule has 0 unspecified atom stereocenters. The molecule has 104 valence electrons. The van der Waals surface area contributed by atoms with Gasteiger partial charge in [-0.05, 0) is 30.5 Å². The third-order valence-electron chi connectivity index (χ3n) is 3.14. The molecule has 0 saturated heterocycles. The molecule has 20 heavy (non-hydrogen) atoms. The van der Waals surface area contributed by atoms with Crippen LogP contribution in [-0.2, 0) is 6.42 Å². The van der Waals surface area contributed by atoms with E-state index in [0.29, 0.717) is 16.8 Å². The predicted molar refractivity (Wildman–Crippen MR) is 81.2 cm³/mol. The molecule has 2 heterocycles. The van der Waals surface area contributed by atoms with E-state index in [1.165, 1.54) is 0 Å². The van der Waals surface area contributed by atoms with E-state index in [1.54, 1.807) is 4.68 Å². The van der Waals surface area contributed by atoms with E-state index in [0.717, 1.165) is 28.8 Å². The Morgan fingerprint density at radius 1 is 1.40 bits per heavy atom. The SMILES string of the molecule is CC(C)Cc1nn(-c2cccc(Cl)c2)c2n[nH]c(N)c12. The number of rotatable bonds is 3. The Hall–Kier alpha value is -2.01. The van der Waals surface area contributed by atoms with Crippen molar-refractivity contribution in [1.82, 2.24) is 20.0 Å². The molecule has 0 aliphatic heterocycles. The minimum atomic E-state index is 0.496. The molecule has 0 amide bonds. The van der Waals surface area contributed by atoms with Crippen LogP contribution in [0.2, 0.25) is 5.02 Å². The Labute approximate surface area is 121 Å². The fourth-order valence-corrected chi connectivity index (χ4v) is 2.50. The maximum Gasteiger partial charge on any atom is 0.186 e. The number of fused-ring (bicyclic) bond motifs is 1. The summed E-state index contributed by atoms with van der Waals surface area (Å²) in [4.78, 5) is 0. The normalized spacial score (nSPS) is 11.6. The van der Waals surface area contributed by atoms with Crippen molar-refractivity contribution >= 4 is 28.5 Å². The van der Waals surface area contributed by atoms with Crippen molar-refractivity contribution in [2.75, 3.05) is 5.73 Å². The second kappa shape index (κ2) is 4.83. The van der Waals surface area contributed by atoms with Gasteiger partial charge in [-0.1, -0.05) is 31.5 Å². The fourth-order valence-electron chi connectivity index (χ4n) is 2.32. The highest BCUT2D eigenvalue weighted by Gasteiger charge is 2.18. The van der Waals surface area contributed by atoms with Crippen molar-refractivity contribution in [2.45, 2.75) is 20.3 Å². The topological polar surface area (TPSA) is 72.5 Å². The quantitative estimate of drug-likeness (QED) is 0.778. The molecule has 0 aliphatic carbocycles. The summed E-state index contributed by atoms with van der Waals surface area (Å²) in [6.45, 7) is 4.31. The van der Waals surface area contributed by atoms with E-state index in [2.05, 4.69) is 29.1 Å². The highest BCUT2D eigenvalue weighted by molar-refractivity contribution is 6.30. The zero-order valence-corrected chi connectivity index (χ0v) is 12.1. The van der Waals surface area contributed by atoms with Crippen molar-refractivity contribution in [3.63, 3.8) is 0 Å². The van der Waals surface area contributed by atoms with Crippen molar-refractivity contribution < 1.29 is 0 Å². The zero-order valence-electron chi connectivity index (χ0n) is 11.4. The lowest BCUT2D eigenvalue weighted by molar-refractivity contribution is 0.630. The molecule has 1 aromatic carbocycles. The molecule has 3 rings (SSSR count). The number of nitrogens with zero attached hydrogens (tertiary/aromatic N) is 3. The average molecular weight is 290 g/mol. The molecule has 0 radical (unpaired) electrons. The Kier molecular flexibility index (Phi) is 3.14. The second-order valence-electron chi connectivity index (χ2n) is 5.27. The Bertz CT molecular complexity index is 756. The summed E-state index contributed by atoms with van der Waals surface area (Å²) in [6, 6.07) is 7.53. The molecule has 0 aliphatic rings. The molecule has 0 spiro atoms. The molecule has 0 bridgehead atoms. The van der Waals surface area contributed by atoms with E-state index in [1.807, 2.05) is 24.3 Å². The Balaban J connectivity index is 2.21. The highest BCUT2D eigenvalue weighted by Crippen LogP contribution is 2.27. The largest absolute Gasteiger partial charge is 0.383 e. The van der Waals surface area contributed by atoms with E-state index in [9.17, 15) is 0 Å².